The van der Waals surface area contributed by atoms with Crippen molar-refractivity contribution in [3.05, 3.63) is 54.1 Å². The number of aryl methyl sites for hydroxylation is 1. The molecule has 9 heteroatoms. The number of thioether (sulfide) groups is 1. The molecule has 0 saturated carbocycles. The molecule has 0 spiro atoms. The van der Waals surface area contributed by atoms with E-state index in [1.807, 2.05) is 47.9 Å². The molecule has 32 heavy (non-hydrogen) atoms. The SMILES string of the molecule is COc1ccc(NC(=O)C(C)Sc2nnc(N3CCOCC3)n2-c2ccccc2C)cc1. The van der Waals surface area contributed by atoms with Crippen molar-refractivity contribution < 1.29 is 14.3 Å². The number of para-hydroxylation sites is 1. The van der Waals surface area contributed by atoms with Crippen LogP contribution in [-0.2, 0) is 9.53 Å². The lowest BCUT2D eigenvalue weighted by atomic mass is 10.2. The Bertz CT molecular complexity index is 1060. The van der Waals surface area contributed by atoms with Crippen molar-refractivity contribution >= 4 is 29.3 Å². The third-order valence-electron chi connectivity index (χ3n) is 5.28. The van der Waals surface area contributed by atoms with Crippen LogP contribution in [0.25, 0.3) is 5.69 Å². The summed E-state index contributed by atoms with van der Waals surface area (Å²) >= 11 is 1.39. The van der Waals surface area contributed by atoms with Crippen LogP contribution in [0.1, 0.15) is 12.5 Å². The number of hydrogen-bond donors (Lipinski definition) is 1. The van der Waals surface area contributed by atoms with Gasteiger partial charge in [-0.3, -0.25) is 9.36 Å². The van der Waals surface area contributed by atoms with Gasteiger partial charge in [-0.05, 0) is 49.7 Å². The molecule has 3 aromatic rings. The molecule has 2 heterocycles. The maximum atomic E-state index is 12.8. The number of carbonyl (C=O) groups excluding carboxylic acids is 1. The van der Waals surface area contributed by atoms with Crippen molar-refractivity contribution in [3.63, 3.8) is 0 Å². The molecule has 1 aromatic heterocycles. The van der Waals surface area contributed by atoms with Crippen LogP contribution in [0.2, 0.25) is 0 Å². The minimum atomic E-state index is -0.374. The molecule has 8 nitrogen and oxygen atoms in total. The molecule has 4 rings (SSSR count). The highest BCUT2D eigenvalue weighted by molar-refractivity contribution is 8.00. The number of aromatic nitrogens is 3. The van der Waals surface area contributed by atoms with Gasteiger partial charge < -0.3 is 19.7 Å². The summed E-state index contributed by atoms with van der Waals surface area (Å²) in [7, 11) is 1.61. The van der Waals surface area contributed by atoms with Gasteiger partial charge in [-0.1, -0.05) is 30.0 Å². The van der Waals surface area contributed by atoms with E-state index in [4.69, 9.17) is 9.47 Å². The number of hydrogen-bond acceptors (Lipinski definition) is 7. The second kappa shape index (κ2) is 10.1. The van der Waals surface area contributed by atoms with Crippen LogP contribution < -0.4 is 15.0 Å². The van der Waals surface area contributed by atoms with Crippen molar-refractivity contribution in [2.24, 2.45) is 0 Å². The summed E-state index contributed by atoms with van der Waals surface area (Å²) in [5, 5.41) is 12.2. The predicted molar refractivity (Wildman–Crippen MR) is 126 cm³/mol. The van der Waals surface area contributed by atoms with Crippen LogP contribution >= 0.6 is 11.8 Å². The number of rotatable bonds is 7. The van der Waals surface area contributed by atoms with Crippen molar-refractivity contribution in [1.82, 2.24) is 14.8 Å². The van der Waals surface area contributed by atoms with Gasteiger partial charge in [-0.2, -0.15) is 0 Å². The number of amides is 1. The van der Waals surface area contributed by atoms with Crippen LogP contribution in [0.3, 0.4) is 0 Å². The highest BCUT2D eigenvalue weighted by Gasteiger charge is 2.25. The Morgan fingerprint density at radius 2 is 1.84 bits per heavy atom. The Labute approximate surface area is 191 Å². The third-order valence-corrected chi connectivity index (χ3v) is 6.32. The summed E-state index contributed by atoms with van der Waals surface area (Å²) in [6.45, 7) is 6.75. The largest absolute Gasteiger partial charge is 0.497 e. The Kier molecular flexibility index (Phi) is 6.96. The Morgan fingerprint density at radius 3 is 2.53 bits per heavy atom. The average Bonchev–Trinajstić information content (AvgIpc) is 3.23. The van der Waals surface area contributed by atoms with Gasteiger partial charge in [0, 0.05) is 18.8 Å². The van der Waals surface area contributed by atoms with Gasteiger partial charge in [-0.25, -0.2) is 0 Å². The molecular formula is C23H27N5O3S. The van der Waals surface area contributed by atoms with Gasteiger partial charge in [0.05, 0.1) is 31.3 Å². The van der Waals surface area contributed by atoms with E-state index in [1.165, 1.54) is 11.8 Å². The van der Waals surface area contributed by atoms with E-state index in [0.717, 1.165) is 41.7 Å². The summed E-state index contributed by atoms with van der Waals surface area (Å²) in [6, 6.07) is 15.4. The predicted octanol–water partition coefficient (Wildman–Crippen LogP) is 3.54. The number of ether oxygens (including phenoxy) is 2. The molecule has 2 aromatic carbocycles. The summed E-state index contributed by atoms with van der Waals surface area (Å²) < 4.78 is 12.7. The standard InChI is InChI=1S/C23H27N5O3S/c1-16-6-4-5-7-20(16)28-22(27-12-14-31-15-13-27)25-26-23(28)32-17(2)21(29)24-18-8-10-19(30-3)11-9-18/h4-11,17H,12-15H2,1-3H3,(H,24,29). The zero-order valence-corrected chi connectivity index (χ0v) is 19.3. The molecule has 0 radical (unpaired) electrons. The van der Waals surface area contributed by atoms with E-state index in [0.29, 0.717) is 18.4 Å². The van der Waals surface area contributed by atoms with Gasteiger partial charge in [0.1, 0.15) is 5.75 Å². The van der Waals surface area contributed by atoms with Crippen LogP contribution in [0.15, 0.2) is 53.7 Å². The van der Waals surface area contributed by atoms with Gasteiger partial charge in [0.2, 0.25) is 11.9 Å². The fourth-order valence-corrected chi connectivity index (χ4v) is 4.32. The van der Waals surface area contributed by atoms with E-state index in [-0.39, 0.29) is 11.2 Å². The molecule has 1 aliphatic heterocycles. The molecule has 1 amide bonds. The first-order chi connectivity index (χ1) is 15.6. The number of carbonyl (C=O) groups is 1. The number of nitrogens with one attached hydrogen (secondary N) is 1. The summed E-state index contributed by atoms with van der Waals surface area (Å²) in [6.07, 6.45) is 0. The number of nitrogens with zero attached hydrogens (tertiary/aromatic N) is 4. The van der Waals surface area contributed by atoms with Crippen LogP contribution in [0.4, 0.5) is 11.6 Å². The Morgan fingerprint density at radius 1 is 1.12 bits per heavy atom. The van der Waals surface area contributed by atoms with Gasteiger partial charge in [0.25, 0.3) is 0 Å². The highest BCUT2D eigenvalue weighted by atomic mass is 32.2. The van der Waals surface area contributed by atoms with E-state index < -0.39 is 0 Å². The zero-order valence-electron chi connectivity index (χ0n) is 18.4. The first-order valence-electron chi connectivity index (χ1n) is 10.5. The maximum Gasteiger partial charge on any atom is 0.237 e. The van der Waals surface area contributed by atoms with E-state index in [2.05, 4.69) is 39.5 Å². The topological polar surface area (TPSA) is 81.5 Å². The fraction of sp³-hybridized carbons (Fsp3) is 0.348. The summed E-state index contributed by atoms with van der Waals surface area (Å²) in [4.78, 5) is 15.0. The normalized spacial score (nSPS) is 14.8. The molecule has 1 atom stereocenters. The minimum Gasteiger partial charge on any atom is -0.497 e. The first kappa shape index (κ1) is 22.2. The van der Waals surface area contributed by atoms with Crippen LogP contribution in [-0.4, -0.2) is 59.3 Å². The quantitative estimate of drug-likeness (QED) is 0.548. The fourth-order valence-electron chi connectivity index (χ4n) is 3.46. The van der Waals surface area contributed by atoms with Crippen LogP contribution in [0.5, 0.6) is 5.75 Å². The Balaban J connectivity index is 1.57. The summed E-state index contributed by atoms with van der Waals surface area (Å²) in [5.74, 6) is 1.41. The highest BCUT2D eigenvalue weighted by Crippen LogP contribution is 2.31. The lowest BCUT2D eigenvalue weighted by Crippen LogP contribution is -2.38. The molecule has 1 N–H and O–H groups in total. The number of benzene rings is 2. The van der Waals surface area contributed by atoms with E-state index >= 15 is 0 Å². The molecule has 1 fully saturated rings. The van der Waals surface area contributed by atoms with Crippen molar-refractivity contribution in [3.8, 4) is 11.4 Å². The zero-order chi connectivity index (χ0) is 22.5. The van der Waals surface area contributed by atoms with Gasteiger partial charge in [0.15, 0.2) is 5.16 Å². The molecule has 168 valence electrons. The minimum absolute atomic E-state index is 0.104. The van der Waals surface area contributed by atoms with Crippen LogP contribution in [0, 0.1) is 6.92 Å². The van der Waals surface area contributed by atoms with Gasteiger partial charge >= 0.3 is 0 Å². The Hall–Kier alpha value is -3.04. The number of morpholine rings is 1. The number of anilines is 2. The molecule has 1 aliphatic rings. The van der Waals surface area contributed by atoms with E-state index in [9.17, 15) is 4.79 Å². The second-order valence-electron chi connectivity index (χ2n) is 7.48. The lowest BCUT2D eigenvalue weighted by Gasteiger charge is -2.28. The monoisotopic (exact) mass is 453 g/mol. The smallest absolute Gasteiger partial charge is 0.237 e. The first-order valence-corrected chi connectivity index (χ1v) is 11.4. The van der Waals surface area contributed by atoms with E-state index in [1.54, 1.807) is 7.11 Å². The molecule has 0 bridgehead atoms. The lowest BCUT2D eigenvalue weighted by molar-refractivity contribution is -0.115. The second-order valence-corrected chi connectivity index (χ2v) is 8.79. The third kappa shape index (κ3) is 4.89. The summed E-state index contributed by atoms with van der Waals surface area (Å²) in [5.41, 5.74) is 2.83. The molecule has 1 unspecified atom stereocenters. The molecule has 1 saturated heterocycles. The average molecular weight is 454 g/mol. The van der Waals surface area contributed by atoms with Crippen molar-refractivity contribution in [2.75, 3.05) is 43.6 Å². The molecular weight excluding hydrogens is 426 g/mol. The van der Waals surface area contributed by atoms with Gasteiger partial charge in [-0.15, -0.1) is 10.2 Å². The van der Waals surface area contributed by atoms with Crippen molar-refractivity contribution in [2.45, 2.75) is 24.3 Å². The maximum absolute atomic E-state index is 12.8. The van der Waals surface area contributed by atoms with Crippen molar-refractivity contribution in [1.29, 1.82) is 0 Å². The number of methoxy groups -OCH3 is 1. The molecule has 0 aliphatic carbocycles.